The van der Waals surface area contributed by atoms with Crippen LogP contribution < -0.4 is 5.73 Å². The maximum absolute atomic E-state index is 11.5. The van der Waals surface area contributed by atoms with Crippen molar-refractivity contribution in [2.45, 2.75) is 26.3 Å². The molecule has 1 aromatic rings. The predicted octanol–water partition coefficient (Wildman–Crippen LogP) is 1.84. The quantitative estimate of drug-likeness (QED) is 0.804. The summed E-state index contributed by atoms with van der Waals surface area (Å²) in [6, 6.07) is 4.05. The highest BCUT2D eigenvalue weighted by Crippen LogP contribution is 2.12. The fourth-order valence-corrected chi connectivity index (χ4v) is 2.08. The summed E-state index contributed by atoms with van der Waals surface area (Å²) in [5.41, 5.74) is 5.39. The summed E-state index contributed by atoms with van der Waals surface area (Å²) >= 11 is 1.68. The third-order valence-corrected chi connectivity index (χ3v) is 3.10. The normalized spacial score (nSPS) is 10.3. The van der Waals surface area contributed by atoms with Crippen molar-refractivity contribution in [2.24, 2.45) is 5.73 Å². The summed E-state index contributed by atoms with van der Waals surface area (Å²) < 4.78 is 0. The number of carbonyl (C=O) groups is 1. The van der Waals surface area contributed by atoms with Crippen LogP contribution in [0.1, 0.15) is 24.6 Å². The Bertz CT molecular complexity index is 285. The van der Waals surface area contributed by atoms with Crippen LogP contribution in [0.15, 0.2) is 17.5 Å². The van der Waals surface area contributed by atoms with E-state index in [1.165, 1.54) is 4.88 Å². The molecule has 1 aromatic heterocycles. The van der Waals surface area contributed by atoms with Crippen molar-refractivity contribution in [1.82, 2.24) is 4.90 Å². The van der Waals surface area contributed by atoms with Crippen molar-refractivity contribution in [3.05, 3.63) is 22.4 Å². The van der Waals surface area contributed by atoms with Crippen LogP contribution in [0, 0.1) is 0 Å². The second-order valence-corrected chi connectivity index (χ2v) is 4.48. The van der Waals surface area contributed by atoms with Crippen LogP contribution in [0.3, 0.4) is 0 Å². The first-order valence-corrected chi connectivity index (χ1v) is 6.16. The van der Waals surface area contributed by atoms with Crippen molar-refractivity contribution in [3.63, 3.8) is 0 Å². The molecule has 1 amide bonds. The minimum atomic E-state index is 0.0388. The van der Waals surface area contributed by atoms with E-state index in [0.717, 1.165) is 19.4 Å². The molecule has 2 N–H and O–H groups in total. The number of rotatable bonds is 6. The number of nitrogens with zero attached hydrogens (tertiary/aromatic N) is 1. The summed E-state index contributed by atoms with van der Waals surface area (Å²) in [6.45, 7) is 3.74. The molecular formula is C11H18N2OS. The van der Waals surface area contributed by atoms with E-state index in [4.69, 9.17) is 5.73 Å². The summed E-state index contributed by atoms with van der Waals surface area (Å²) in [7, 11) is 0. The molecule has 15 heavy (non-hydrogen) atoms. The second kappa shape index (κ2) is 6.58. The lowest BCUT2D eigenvalue weighted by Gasteiger charge is -2.21. The Morgan fingerprint density at radius 3 is 2.93 bits per heavy atom. The highest BCUT2D eigenvalue weighted by Gasteiger charge is 2.11. The molecule has 0 spiro atoms. The van der Waals surface area contributed by atoms with Crippen molar-refractivity contribution < 1.29 is 4.79 Å². The number of hydrogen-bond donors (Lipinski definition) is 1. The maximum atomic E-state index is 11.5. The third kappa shape index (κ3) is 4.01. The molecular weight excluding hydrogens is 208 g/mol. The van der Waals surface area contributed by atoms with Crippen LogP contribution in [0.2, 0.25) is 0 Å². The zero-order chi connectivity index (χ0) is 11.1. The molecule has 3 nitrogen and oxygen atoms in total. The molecule has 0 aliphatic carbocycles. The standard InChI is InChI=1S/C11H18N2OS/c1-2-3-6-13(11(14)8-12)9-10-5-4-7-15-10/h4-5,7H,2-3,6,8-9,12H2,1H3. The second-order valence-electron chi connectivity index (χ2n) is 3.45. The van der Waals surface area contributed by atoms with Gasteiger partial charge in [0.1, 0.15) is 0 Å². The molecule has 0 aliphatic rings. The van der Waals surface area contributed by atoms with E-state index >= 15 is 0 Å². The first-order chi connectivity index (χ1) is 7.27. The van der Waals surface area contributed by atoms with Gasteiger partial charge in [0.25, 0.3) is 0 Å². The average molecular weight is 226 g/mol. The average Bonchev–Trinajstić information content (AvgIpc) is 2.75. The van der Waals surface area contributed by atoms with Gasteiger partial charge in [-0.05, 0) is 17.9 Å². The monoisotopic (exact) mass is 226 g/mol. The Morgan fingerprint density at radius 2 is 2.40 bits per heavy atom. The maximum Gasteiger partial charge on any atom is 0.236 e. The smallest absolute Gasteiger partial charge is 0.236 e. The summed E-state index contributed by atoms with van der Waals surface area (Å²) in [5.74, 6) is 0.0388. The predicted molar refractivity (Wildman–Crippen MR) is 63.7 cm³/mol. The third-order valence-electron chi connectivity index (χ3n) is 2.24. The van der Waals surface area contributed by atoms with Crippen molar-refractivity contribution in [1.29, 1.82) is 0 Å². The van der Waals surface area contributed by atoms with Gasteiger partial charge < -0.3 is 10.6 Å². The Hall–Kier alpha value is -0.870. The van der Waals surface area contributed by atoms with Gasteiger partial charge in [0.2, 0.25) is 5.91 Å². The van der Waals surface area contributed by atoms with E-state index in [-0.39, 0.29) is 12.5 Å². The lowest BCUT2D eigenvalue weighted by atomic mass is 10.3. The molecule has 84 valence electrons. The number of hydrogen-bond acceptors (Lipinski definition) is 3. The number of carbonyl (C=O) groups excluding carboxylic acids is 1. The lowest BCUT2D eigenvalue weighted by Crippen LogP contribution is -2.36. The number of nitrogens with two attached hydrogens (primary N) is 1. The fourth-order valence-electron chi connectivity index (χ4n) is 1.36. The van der Waals surface area contributed by atoms with Crippen LogP contribution >= 0.6 is 11.3 Å². The van der Waals surface area contributed by atoms with Gasteiger partial charge in [0, 0.05) is 11.4 Å². The van der Waals surface area contributed by atoms with E-state index in [9.17, 15) is 4.79 Å². The zero-order valence-corrected chi connectivity index (χ0v) is 9.93. The molecule has 0 aromatic carbocycles. The summed E-state index contributed by atoms with van der Waals surface area (Å²) in [6.07, 6.45) is 2.13. The van der Waals surface area contributed by atoms with Gasteiger partial charge in [-0.3, -0.25) is 4.79 Å². The highest BCUT2D eigenvalue weighted by atomic mass is 32.1. The van der Waals surface area contributed by atoms with E-state index in [2.05, 4.69) is 6.92 Å². The Labute approximate surface area is 94.9 Å². The summed E-state index contributed by atoms with van der Waals surface area (Å²) in [4.78, 5) is 14.6. The molecule has 0 bridgehead atoms. The van der Waals surface area contributed by atoms with Gasteiger partial charge in [-0.25, -0.2) is 0 Å². The Morgan fingerprint density at radius 1 is 1.60 bits per heavy atom. The van der Waals surface area contributed by atoms with Crippen LogP contribution in [0.25, 0.3) is 0 Å². The SMILES string of the molecule is CCCCN(Cc1cccs1)C(=O)CN. The number of unbranched alkanes of at least 4 members (excludes halogenated alkanes) is 1. The topological polar surface area (TPSA) is 46.3 Å². The van der Waals surface area contributed by atoms with Crippen LogP contribution in [-0.2, 0) is 11.3 Å². The van der Waals surface area contributed by atoms with Crippen LogP contribution in [-0.4, -0.2) is 23.9 Å². The van der Waals surface area contributed by atoms with E-state index in [1.807, 2.05) is 22.4 Å². The molecule has 0 atom stereocenters. The van der Waals surface area contributed by atoms with E-state index < -0.39 is 0 Å². The van der Waals surface area contributed by atoms with Gasteiger partial charge in [-0.1, -0.05) is 19.4 Å². The molecule has 1 rings (SSSR count). The molecule has 1 heterocycles. The molecule has 4 heteroatoms. The number of thiophene rings is 1. The Balaban J connectivity index is 2.52. The zero-order valence-electron chi connectivity index (χ0n) is 9.11. The van der Waals surface area contributed by atoms with Crippen molar-refractivity contribution in [3.8, 4) is 0 Å². The van der Waals surface area contributed by atoms with Gasteiger partial charge >= 0.3 is 0 Å². The van der Waals surface area contributed by atoms with Gasteiger partial charge in [0.05, 0.1) is 13.1 Å². The number of amides is 1. The van der Waals surface area contributed by atoms with Crippen LogP contribution in [0.4, 0.5) is 0 Å². The molecule has 0 fully saturated rings. The van der Waals surface area contributed by atoms with Crippen molar-refractivity contribution in [2.75, 3.05) is 13.1 Å². The fraction of sp³-hybridized carbons (Fsp3) is 0.545. The van der Waals surface area contributed by atoms with Crippen LogP contribution in [0.5, 0.6) is 0 Å². The summed E-state index contributed by atoms with van der Waals surface area (Å²) in [5, 5.41) is 2.03. The molecule has 0 saturated heterocycles. The van der Waals surface area contributed by atoms with E-state index in [1.54, 1.807) is 11.3 Å². The van der Waals surface area contributed by atoms with Gasteiger partial charge in [-0.2, -0.15) is 0 Å². The molecule has 0 radical (unpaired) electrons. The first kappa shape index (κ1) is 12.2. The molecule has 0 aliphatic heterocycles. The minimum Gasteiger partial charge on any atom is -0.336 e. The van der Waals surface area contributed by atoms with Crippen molar-refractivity contribution >= 4 is 17.2 Å². The molecule has 0 saturated carbocycles. The lowest BCUT2D eigenvalue weighted by molar-refractivity contribution is -0.130. The molecule has 0 unspecified atom stereocenters. The largest absolute Gasteiger partial charge is 0.336 e. The highest BCUT2D eigenvalue weighted by molar-refractivity contribution is 7.09. The minimum absolute atomic E-state index is 0.0388. The first-order valence-electron chi connectivity index (χ1n) is 5.28. The van der Waals surface area contributed by atoms with Gasteiger partial charge in [-0.15, -0.1) is 11.3 Å². The van der Waals surface area contributed by atoms with E-state index in [0.29, 0.717) is 6.54 Å². The Kier molecular flexibility index (Phi) is 5.36. The van der Waals surface area contributed by atoms with Gasteiger partial charge in [0.15, 0.2) is 0 Å².